The van der Waals surface area contributed by atoms with Gasteiger partial charge in [0.15, 0.2) is 12.6 Å². The van der Waals surface area contributed by atoms with Gasteiger partial charge in [0.2, 0.25) is 0 Å². The molecule has 0 aromatic heterocycles. The van der Waals surface area contributed by atoms with Crippen LogP contribution in [0, 0.1) is 50.7 Å². The molecule has 0 amide bonds. The van der Waals surface area contributed by atoms with Crippen LogP contribution in [0.1, 0.15) is 106 Å². The van der Waals surface area contributed by atoms with Gasteiger partial charge in [0, 0.05) is 0 Å². The van der Waals surface area contributed by atoms with Gasteiger partial charge in [0.05, 0.1) is 43.2 Å². The van der Waals surface area contributed by atoms with Crippen molar-refractivity contribution in [3.8, 4) is 0 Å². The molecule has 14 nitrogen and oxygen atoms in total. The number of hydrogen-bond acceptors (Lipinski definition) is 14. The molecule has 7 aliphatic rings. The molecule has 7 fully saturated rings. The molecule has 0 aromatic rings. The van der Waals surface area contributed by atoms with Crippen LogP contribution in [0.3, 0.4) is 0 Å². The molecule has 5 saturated carbocycles. The van der Waals surface area contributed by atoms with E-state index in [2.05, 4.69) is 34.6 Å². The van der Waals surface area contributed by atoms with E-state index in [4.69, 9.17) is 18.9 Å². The highest BCUT2D eigenvalue weighted by atomic mass is 16.7. The Labute approximate surface area is 325 Å². The molecule has 0 bridgehead atoms. The standard InChI is InChI=1S/C41H70O14/c1-19(8-9-25(46)37(4,5)51)27-21(44)15-39(7)33-20(43)14-24-36(2,3)26(10-11-40(24)18-41(33,40)13-12-38(27,39)6)54-34-31(50)32(22(45)17-52-34)55-35-30(49)29(48)28(47)23(16-42)53-35/h19-35,42-51H,8-18H2,1-7H3/t19-,20+,21+,22+,23-,24+,25-,26+,27+,28-,29+,30-,31-,32+,33+,34+,35+,38-,39+,40-,41+/m1/s1. The molecule has 10 N–H and O–H groups in total. The molecule has 0 unspecified atom stereocenters. The van der Waals surface area contributed by atoms with Crippen molar-refractivity contribution < 1.29 is 70.0 Å². The van der Waals surface area contributed by atoms with Gasteiger partial charge in [-0.25, -0.2) is 0 Å². The maximum absolute atomic E-state index is 12.4. The van der Waals surface area contributed by atoms with Crippen LogP contribution in [0.5, 0.6) is 0 Å². The van der Waals surface area contributed by atoms with E-state index in [1.54, 1.807) is 13.8 Å². The van der Waals surface area contributed by atoms with E-state index in [1.807, 2.05) is 0 Å². The first-order valence-electron chi connectivity index (χ1n) is 20.9. The van der Waals surface area contributed by atoms with E-state index < -0.39 is 91.2 Å². The summed E-state index contributed by atoms with van der Waals surface area (Å²) < 4.78 is 23.7. The van der Waals surface area contributed by atoms with Crippen LogP contribution in [0.2, 0.25) is 0 Å². The van der Waals surface area contributed by atoms with Crippen molar-refractivity contribution in [3.63, 3.8) is 0 Å². The summed E-state index contributed by atoms with van der Waals surface area (Å²) in [7, 11) is 0. The van der Waals surface area contributed by atoms with E-state index in [0.29, 0.717) is 32.1 Å². The SMILES string of the molecule is C[C@H](CC[C@@H](O)C(C)(C)O)[C@H]1[C@@H](O)C[C@@]2(C)[C@@H]3[C@@H](O)C[C@H]4C(C)(C)[C@@H](O[C@@H]5OC[C@H](O)[C@H](O[C@@H]6O[C@H](CO)[C@@H](O)[C@H](O)[C@H]6O)[C@H]5O)CC[C@@]45C[C@@]35CC[C@]12C. The van der Waals surface area contributed by atoms with Crippen molar-refractivity contribution >= 4 is 0 Å². The van der Waals surface area contributed by atoms with Crippen LogP contribution in [0.25, 0.3) is 0 Å². The van der Waals surface area contributed by atoms with Gasteiger partial charge >= 0.3 is 0 Å². The molecule has 21 atom stereocenters. The van der Waals surface area contributed by atoms with Crippen molar-refractivity contribution in [1.29, 1.82) is 0 Å². The second-order valence-electron chi connectivity index (χ2n) is 20.7. The maximum Gasteiger partial charge on any atom is 0.187 e. The third-order valence-electron chi connectivity index (χ3n) is 17.3. The zero-order chi connectivity index (χ0) is 40.4. The van der Waals surface area contributed by atoms with Crippen molar-refractivity contribution in [3.05, 3.63) is 0 Å². The molecule has 2 heterocycles. The summed E-state index contributed by atoms with van der Waals surface area (Å²) in [6, 6.07) is 0. The minimum atomic E-state index is -1.71. The van der Waals surface area contributed by atoms with Crippen molar-refractivity contribution in [2.45, 2.75) is 192 Å². The quantitative estimate of drug-likeness (QED) is 0.136. The fourth-order valence-electron chi connectivity index (χ4n) is 14.2. The van der Waals surface area contributed by atoms with Crippen molar-refractivity contribution in [1.82, 2.24) is 0 Å². The number of aliphatic hydroxyl groups excluding tert-OH is 9. The highest BCUT2D eigenvalue weighted by Crippen LogP contribution is 2.89. The van der Waals surface area contributed by atoms with E-state index in [9.17, 15) is 51.1 Å². The lowest BCUT2D eigenvalue weighted by atomic mass is 9.41. The minimum Gasteiger partial charge on any atom is -0.394 e. The monoisotopic (exact) mass is 786 g/mol. The van der Waals surface area contributed by atoms with Gasteiger partial charge < -0.3 is 70.0 Å². The predicted octanol–water partition coefficient (Wildman–Crippen LogP) is 0.564. The summed E-state index contributed by atoms with van der Waals surface area (Å²) in [6.45, 7) is 13.5. The molecule has 7 rings (SSSR count). The summed E-state index contributed by atoms with van der Waals surface area (Å²) in [6.07, 6.45) is -8.53. The Bertz CT molecular complexity index is 1390. The van der Waals surface area contributed by atoms with Crippen LogP contribution in [-0.2, 0) is 18.9 Å². The van der Waals surface area contributed by atoms with Crippen LogP contribution in [-0.4, -0.2) is 150 Å². The third-order valence-corrected chi connectivity index (χ3v) is 17.3. The van der Waals surface area contributed by atoms with E-state index in [-0.39, 0.29) is 58.0 Å². The van der Waals surface area contributed by atoms with Crippen LogP contribution >= 0.6 is 0 Å². The lowest BCUT2D eigenvalue weighted by Gasteiger charge is -2.64. The molecule has 318 valence electrons. The summed E-state index contributed by atoms with van der Waals surface area (Å²) in [5, 5.41) is 108. The second-order valence-corrected chi connectivity index (χ2v) is 20.7. The Hall–Kier alpha value is -0.560. The fourth-order valence-corrected chi connectivity index (χ4v) is 14.2. The van der Waals surface area contributed by atoms with E-state index in [1.165, 1.54) is 0 Å². The summed E-state index contributed by atoms with van der Waals surface area (Å²) in [5.41, 5.74) is -2.17. The Balaban J connectivity index is 1.05. The first-order valence-corrected chi connectivity index (χ1v) is 20.9. The lowest BCUT2D eigenvalue weighted by molar-refractivity contribution is -0.356. The largest absolute Gasteiger partial charge is 0.394 e. The van der Waals surface area contributed by atoms with Gasteiger partial charge in [-0.05, 0) is 122 Å². The molecular formula is C41H70O14. The third kappa shape index (κ3) is 6.33. The summed E-state index contributed by atoms with van der Waals surface area (Å²) in [5.74, 6) is 0.289. The first-order chi connectivity index (χ1) is 25.5. The van der Waals surface area contributed by atoms with Crippen LogP contribution in [0.15, 0.2) is 0 Å². The topological polar surface area (TPSA) is 239 Å². The van der Waals surface area contributed by atoms with Crippen LogP contribution < -0.4 is 0 Å². The molecule has 14 heteroatoms. The predicted molar refractivity (Wildman–Crippen MR) is 196 cm³/mol. The Kier molecular flexibility index (Phi) is 11.1. The molecule has 2 aliphatic heterocycles. The molecule has 2 spiro atoms. The number of fused-ring (bicyclic) bond motifs is 2. The molecule has 2 saturated heterocycles. The maximum atomic E-state index is 12.4. The average molecular weight is 787 g/mol. The van der Waals surface area contributed by atoms with Crippen molar-refractivity contribution in [2.24, 2.45) is 50.7 Å². The van der Waals surface area contributed by atoms with E-state index in [0.717, 1.165) is 25.7 Å². The second kappa shape index (κ2) is 14.3. The van der Waals surface area contributed by atoms with Crippen LogP contribution in [0.4, 0.5) is 0 Å². The average Bonchev–Trinajstić information content (AvgIpc) is 3.70. The molecule has 55 heavy (non-hydrogen) atoms. The van der Waals surface area contributed by atoms with Gasteiger partial charge in [-0.2, -0.15) is 0 Å². The lowest BCUT2D eigenvalue weighted by Crippen LogP contribution is -2.64. The Morgan fingerprint density at radius 1 is 0.782 bits per heavy atom. The fraction of sp³-hybridized carbons (Fsp3) is 1.00. The summed E-state index contributed by atoms with van der Waals surface area (Å²) in [4.78, 5) is 0. The van der Waals surface area contributed by atoms with Gasteiger partial charge in [0.1, 0.15) is 42.7 Å². The van der Waals surface area contributed by atoms with Crippen molar-refractivity contribution in [2.75, 3.05) is 13.2 Å². The van der Waals surface area contributed by atoms with Gasteiger partial charge in [-0.1, -0.05) is 34.6 Å². The highest BCUT2D eigenvalue weighted by Gasteiger charge is 2.84. The zero-order valence-corrected chi connectivity index (χ0v) is 33.7. The molecular weight excluding hydrogens is 716 g/mol. The zero-order valence-electron chi connectivity index (χ0n) is 33.7. The molecule has 0 radical (unpaired) electrons. The van der Waals surface area contributed by atoms with Gasteiger partial charge in [0.25, 0.3) is 0 Å². The Morgan fingerprint density at radius 3 is 2.13 bits per heavy atom. The normalized spacial score (nSPS) is 54.4. The minimum absolute atomic E-state index is 0.00700. The smallest absolute Gasteiger partial charge is 0.187 e. The summed E-state index contributed by atoms with van der Waals surface area (Å²) >= 11 is 0. The Morgan fingerprint density at radius 2 is 1.47 bits per heavy atom. The van der Waals surface area contributed by atoms with Gasteiger partial charge in [-0.3, -0.25) is 0 Å². The number of aliphatic hydroxyl groups is 10. The van der Waals surface area contributed by atoms with Gasteiger partial charge in [-0.15, -0.1) is 0 Å². The number of ether oxygens (including phenoxy) is 4. The van der Waals surface area contributed by atoms with E-state index >= 15 is 0 Å². The molecule has 5 aliphatic carbocycles. The number of rotatable bonds is 10. The first kappa shape index (κ1) is 42.6. The highest BCUT2D eigenvalue weighted by molar-refractivity contribution is 5.32. The number of hydrogen-bond donors (Lipinski definition) is 10. The molecule has 0 aromatic carbocycles.